The maximum atomic E-state index is 6.05. The van der Waals surface area contributed by atoms with E-state index in [1.807, 2.05) is 36.0 Å². The summed E-state index contributed by atoms with van der Waals surface area (Å²) >= 11 is 1.92. The topological polar surface area (TPSA) is 68.9 Å². The summed E-state index contributed by atoms with van der Waals surface area (Å²) in [4.78, 5) is 5.74. The molecule has 0 radical (unpaired) electrons. The van der Waals surface area contributed by atoms with Gasteiger partial charge >= 0.3 is 0 Å². The number of ether oxygens (including phenoxy) is 2. The lowest BCUT2D eigenvalue weighted by Crippen LogP contribution is -2.37. The molecule has 1 aliphatic carbocycles. The number of hydrogen-bond donors (Lipinski definition) is 2. The highest BCUT2D eigenvalue weighted by molar-refractivity contribution is 14.0. The highest BCUT2D eigenvalue weighted by atomic mass is 127. The summed E-state index contributed by atoms with van der Waals surface area (Å²) in [5.74, 6) is 1.88. The number of aliphatic imine (C=N–C) groups is 1. The highest BCUT2D eigenvalue weighted by Crippen LogP contribution is 2.51. The van der Waals surface area contributed by atoms with Gasteiger partial charge in [-0.2, -0.15) is 0 Å². The molecule has 0 spiro atoms. The fourth-order valence-electron chi connectivity index (χ4n) is 2.66. The molecule has 0 amide bonds. The summed E-state index contributed by atoms with van der Waals surface area (Å²) in [6.45, 7) is 1.33. The van der Waals surface area contributed by atoms with E-state index in [0.717, 1.165) is 12.1 Å². The van der Waals surface area contributed by atoms with E-state index in [9.17, 15) is 0 Å². The van der Waals surface area contributed by atoms with Gasteiger partial charge in [0.2, 0.25) is 0 Å². The van der Waals surface area contributed by atoms with Crippen LogP contribution in [0.15, 0.2) is 58.4 Å². The second kappa shape index (κ2) is 10.1. The minimum absolute atomic E-state index is 0. The Balaban J connectivity index is 0.00000261. The first-order valence-electron chi connectivity index (χ1n) is 8.63. The molecule has 0 unspecified atom stereocenters. The predicted molar refractivity (Wildman–Crippen MR) is 123 cm³/mol. The van der Waals surface area contributed by atoms with Crippen molar-refractivity contribution in [2.45, 2.75) is 29.0 Å². The van der Waals surface area contributed by atoms with E-state index in [0.29, 0.717) is 24.0 Å². The third-order valence-electron chi connectivity index (χ3n) is 4.36. The van der Waals surface area contributed by atoms with Gasteiger partial charge in [0.05, 0.1) is 20.8 Å². The third-order valence-corrected chi connectivity index (χ3v) is 5.85. The fourth-order valence-corrected chi connectivity index (χ4v) is 3.90. The summed E-state index contributed by atoms with van der Waals surface area (Å²) in [6, 6.07) is 16.3. The number of nitrogens with two attached hydrogens (primary N) is 1. The van der Waals surface area contributed by atoms with Crippen molar-refractivity contribution in [2.24, 2.45) is 10.7 Å². The van der Waals surface area contributed by atoms with Crippen molar-refractivity contribution < 1.29 is 9.47 Å². The van der Waals surface area contributed by atoms with Crippen LogP contribution >= 0.6 is 35.7 Å². The molecule has 0 saturated heterocycles. The maximum absolute atomic E-state index is 6.05. The van der Waals surface area contributed by atoms with Crippen LogP contribution in [0.5, 0.6) is 11.5 Å². The Labute approximate surface area is 182 Å². The number of nitrogens with one attached hydrogen (secondary N) is 1. The number of halogens is 1. The van der Waals surface area contributed by atoms with E-state index in [1.54, 1.807) is 14.2 Å². The number of rotatable bonds is 8. The average molecular weight is 499 g/mol. The molecule has 0 aromatic heterocycles. The van der Waals surface area contributed by atoms with Gasteiger partial charge < -0.3 is 20.5 Å². The van der Waals surface area contributed by atoms with Gasteiger partial charge in [0.1, 0.15) is 0 Å². The van der Waals surface area contributed by atoms with E-state index in [-0.39, 0.29) is 28.7 Å². The molecule has 0 aliphatic heterocycles. The van der Waals surface area contributed by atoms with E-state index in [1.165, 1.54) is 17.7 Å². The second-order valence-electron chi connectivity index (χ2n) is 6.34. The zero-order valence-electron chi connectivity index (χ0n) is 15.6. The van der Waals surface area contributed by atoms with Gasteiger partial charge in [0, 0.05) is 16.2 Å². The van der Waals surface area contributed by atoms with E-state index in [2.05, 4.69) is 34.6 Å². The molecule has 7 heteroatoms. The van der Waals surface area contributed by atoms with E-state index >= 15 is 0 Å². The number of guanidine groups is 1. The molecular formula is C20H26IN3O2S. The standard InChI is InChI=1S/C20H25N3O2S.HI/c1-24-17-9-8-15(12-18(17)25-2)13-22-19(21)23-14-20(10-11-20)26-16-6-4-3-5-7-16;/h3-9,12H,10-11,13-14H2,1-2H3,(H3,21,22,23);1H. The molecule has 0 heterocycles. The number of methoxy groups -OCH3 is 2. The molecule has 27 heavy (non-hydrogen) atoms. The van der Waals surface area contributed by atoms with Crippen LogP contribution in [-0.4, -0.2) is 31.5 Å². The molecule has 0 atom stereocenters. The first-order chi connectivity index (χ1) is 12.6. The molecule has 0 bridgehead atoms. The number of thioether (sulfide) groups is 1. The van der Waals surface area contributed by atoms with Crippen molar-refractivity contribution >= 4 is 41.7 Å². The van der Waals surface area contributed by atoms with Crippen LogP contribution < -0.4 is 20.5 Å². The SMILES string of the molecule is COc1ccc(CN=C(N)NCC2(Sc3ccccc3)CC2)cc1OC.I. The van der Waals surface area contributed by atoms with Crippen LogP contribution in [0.2, 0.25) is 0 Å². The van der Waals surface area contributed by atoms with Gasteiger partial charge in [-0.05, 0) is 42.7 Å². The minimum Gasteiger partial charge on any atom is -0.493 e. The highest BCUT2D eigenvalue weighted by Gasteiger charge is 2.43. The molecule has 3 rings (SSSR count). The zero-order valence-corrected chi connectivity index (χ0v) is 18.8. The molecule has 5 nitrogen and oxygen atoms in total. The number of nitrogens with zero attached hydrogens (tertiary/aromatic N) is 1. The number of hydrogen-bond acceptors (Lipinski definition) is 4. The lowest BCUT2D eigenvalue weighted by atomic mass is 10.2. The van der Waals surface area contributed by atoms with Gasteiger partial charge in [0.25, 0.3) is 0 Å². The van der Waals surface area contributed by atoms with Crippen LogP contribution in [-0.2, 0) is 6.54 Å². The van der Waals surface area contributed by atoms with Crippen molar-refractivity contribution in [3.8, 4) is 11.5 Å². The van der Waals surface area contributed by atoms with Crippen molar-refractivity contribution in [3.63, 3.8) is 0 Å². The Kier molecular flexibility index (Phi) is 8.09. The molecule has 1 saturated carbocycles. The Morgan fingerprint density at radius 2 is 1.81 bits per heavy atom. The monoisotopic (exact) mass is 499 g/mol. The second-order valence-corrected chi connectivity index (χ2v) is 7.88. The van der Waals surface area contributed by atoms with Gasteiger partial charge in [-0.3, -0.25) is 0 Å². The van der Waals surface area contributed by atoms with Gasteiger partial charge in [-0.25, -0.2) is 4.99 Å². The molecule has 3 N–H and O–H groups in total. The Morgan fingerprint density at radius 1 is 1.11 bits per heavy atom. The largest absolute Gasteiger partial charge is 0.493 e. The first kappa shape index (κ1) is 21.7. The molecule has 1 fully saturated rings. The van der Waals surface area contributed by atoms with Crippen LogP contribution in [0.4, 0.5) is 0 Å². The Morgan fingerprint density at radius 3 is 2.44 bits per heavy atom. The van der Waals surface area contributed by atoms with Gasteiger partial charge in [-0.15, -0.1) is 35.7 Å². The summed E-state index contributed by atoms with van der Waals surface area (Å²) in [6.07, 6.45) is 2.39. The van der Waals surface area contributed by atoms with Gasteiger partial charge in [-0.1, -0.05) is 24.3 Å². The first-order valence-corrected chi connectivity index (χ1v) is 9.44. The lowest BCUT2D eigenvalue weighted by molar-refractivity contribution is 0.354. The zero-order chi connectivity index (χ0) is 18.4. The van der Waals surface area contributed by atoms with Crippen molar-refractivity contribution in [2.75, 3.05) is 20.8 Å². The summed E-state index contributed by atoms with van der Waals surface area (Å²) in [5, 5.41) is 3.28. The quantitative estimate of drug-likeness (QED) is 0.326. The van der Waals surface area contributed by atoms with Crippen molar-refractivity contribution in [3.05, 3.63) is 54.1 Å². The Hall–Kier alpha value is -1.61. The van der Waals surface area contributed by atoms with Crippen molar-refractivity contribution in [1.82, 2.24) is 5.32 Å². The number of benzene rings is 2. The summed E-state index contributed by atoms with van der Waals surface area (Å²) < 4.78 is 10.8. The van der Waals surface area contributed by atoms with Crippen LogP contribution in [0.3, 0.4) is 0 Å². The average Bonchev–Trinajstić information content (AvgIpc) is 3.45. The normalized spacial score (nSPS) is 14.8. The van der Waals surface area contributed by atoms with Crippen LogP contribution in [0.1, 0.15) is 18.4 Å². The van der Waals surface area contributed by atoms with Crippen LogP contribution in [0.25, 0.3) is 0 Å². The predicted octanol–water partition coefficient (Wildman–Crippen LogP) is 4.05. The summed E-state index contributed by atoms with van der Waals surface area (Å²) in [7, 11) is 3.25. The van der Waals surface area contributed by atoms with Crippen LogP contribution in [0, 0.1) is 0 Å². The fraction of sp³-hybridized carbons (Fsp3) is 0.350. The van der Waals surface area contributed by atoms with E-state index < -0.39 is 0 Å². The Bertz CT molecular complexity index is 767. The molecular weight excluding hydrogens is 473 g/mol. The molecule has 1 aliphatic rings. The molecule has 2 aromatic carbocycles. The minimum atomic E-state index is 0. The summed E-state index contributed by atoms with van der Waals surface area (Å²) in [5.41, 5.74) is 7.07. The van der Waals surface area contributed by atoms with Gasteiger partial charge in [0.15, 0.2) is 17.5 Å². The third kappa shape index (κ3) is 6.21. The van der Waals surface area contributed by atoms with E-state index in [4.69, 9.17) is 15.2 Å². The maximum Gasteiger partial charge on any atom is 0.188 e. The smallest absolute Gasteiger partial charge is 0.188 e. The molecule has 2 aromatic rings. The lowest BCUT2D eigenvalue weighted by Gasteiger charge is -2.16. The van der Waals surface area contributed by atoms with Crippen molar-refractivity contribution in [1.29, 1.82) is 0 Å². The molecule has 146 valence electrons.